The molecule has 2 aliphatic rings. The van der Waals surface area contributed by atoms with E-state index in [0.717, 1.165) is 11.8 Å². The molecule has 0 bridgehead atoms. The quantitative estimate of drug-likeness (QED) is 0.798. The second-order valence-electron chi connectivity index (χ2n) is 6.32. The number of benzene rings is 1. The van der Waals surface area contributed by atoms with Gasteiger partial charge in [0.25, 0.3) is 11.8 Å². The molecule has 2 aliphatic heterocycles. The third-order valence-corrected chi connectivity index (χ3v) is 4.22. The van der Waals surface area contributed by atoms with Crippen LogP contribution < -0.4 is 10.1 Å². The van der Waals surface area contributed by atoms with Gasteiger partial charge in [-0.15, -0.1) is 0 Å². The van der Waals surface area contributed by atoms with Crippen molar-refractivity contribution in [1.82, 2.24) is 10.2 Å². The van der Waals surface area contributed by atoms with Gasteiger partial charge < -0.3 is 4.74 Å². The van der Waals surface area contributed by atoms with Gasteiger partial charge in [0.2, 0.25) is 17.7 Å². The summed E-state index contributed by atoms with van der Waals surface area (Å²) in [6.07, 6.45) is -0.395. The number of hydrogen-bond acceptors (Lipinski definition) is 5. The fraction of sp³-hybridized carbons (Fsp3) is 0.412. The first-order chi connectivity index (χ1) is 12.2. The van der Waals surface area contributed by atoms with Gasteiger partial charge in [0.15, 0.2) is 0 Å². The third kappa shape index (κ3) is 3.42. The van der Waals surface area contributed by atoms with Gasteiger partial charge in [0.1, 0.15) is 11.8 Å². The van der Waals surface area contributed by atoms with Crippen LogP contribution in [0.15, 0.2) is 18.2 Å². The lowest BCUT2D eigenvalue weighted by Gasteiger charge is -2.27. The van der Waals surface area contributed by atoms with E-state index >= 15 is 0 Å². The molecule has 138 valence electrons. The lowest BCUT2D eigenvalue weighted by atomic mass is 10.0. The van der Waals surface area contributed by atoms with Crippen LogP contribution in [0.4, 0.5) is 8.78 Å². The van der Waals surface area contributed by atoms with E-state index in [4.69, 9.17) is 4.74 Å². The number of carbonyl (C=O) groups is 4. The first kappa shape index (κ1) is 18.0. The molecule has 0 aliphatic carbocycles. The van der Waals surface area contributed by atoms with Crippen molar-refractivity contribution in [2.75, 3.05) is 6.61 Å². The van der Waals surface area contributed by atoms with Crippen LogP contribution in [0.1, 0.15) is 46.9 Å². The number of hydrogen-bond donors (Lipinski definition) is 1. The molecule has 1 aromatic rings. The molecule has 9 heteroatoms. The van der Waals surface area contributed by atoms with Crippen LogP contribution in [0, 0.1) is 0 Å². The van der Waals surface area contributed by atoms with Crippen molar-refractivity contribution in [2.24, 2.45) is 0 Å². The Kier molecular flexibility index (Phi) is 4.47. The topological polar surface area (TPSA) is 92.8 Å². The summed E-state index contributed by atoms with van der Waals surface area (Å²) in [4.78, 5) is 49.1. The molecule has 0 aromatic heterocycles. The molecule has 26 heavy (non-hydrogen) atoms. The summed E-state index contributed by atoms with van der Waals surface area (Å²) >= 11 is 0. The molecule has 7 nitrogen and oxygen atoms in total. The normalized spacial score (nSPS) is 20.3. The minimum absolute atomic E-state index is 0.0312. The minimum atomic E-state index is -2.87. The van der Waals surface area contributed by atoms with Gasteiger partial charge in [-0.2, -0.15) is 0 Å². The van der Waals surface area contributed by atoms with Crippen molar-refractivity contribution < 1.29 is 32.7 Å². The monoisotopic (exact) mass is 366 g/mol. The summed E-state index contributed by atoms with van der Waals surface area (Å²) in [5.74, 6) is -5.15. The number of amides is 4. The largest absolute Gasteiger partial charge is 0.493 e. The van der Waals surface area contributed by atoms with E-state index in [2.05, 4.69) is 5.32 Å². The molecule has 0 saturated carbocycles. The highest BCUT2D eigenvalue weighted by molar-refractivity contribution is 6.23. The first-order valence-electron chi connectivity index (χ1n) is 8.03. The number of piperidine rings is 1. The molecule has 4 amide bonds. The number of fused-ring (bicyclic) bond motifs is 1. The fourth-order valence-electron chi connectivity index (χ4n) is 2.89. The highest BCUT2D eigenvalue weighted by atomic mass is 19.3. The zero-order valence-electron chi connectivity index (χ0n) is 13.9. The van der Waals surface area contributed by atoms with E-state index in [9.17, 15) is 28.0 Å². The van der Waals surface area contributed by atoms with Crippen LogP contribution >= 0.6 is 0 Å². The lowest BCUT2D eigenvalue weighted by molar-refractivity contribution is -0.136. The Labute approximate surface area is 147 Å². The molecule has 0 spiro atoms. The summed E-state index contributed by atoms with van der Waals surface area (Å²) < 4.78 is 30.9. The molecule has 0 radical (unpaired) electrons. The zero-order valence-corrected chi connectivity index (χ0v) is 13.9. The van der Waals surface area contributed by atoms with Gasteiger partial charge in [-0.05, 0) is 31.5 Å². The van der Waals surface area contributed by atoms with Crippen LogP contribution in [0.2, 0.25) is 0 Å². The van der Waals surface area contributed by atoms with Crippen molar-refractivity contribution in [3.63, 3.8) is 0 Å². The maximum Gasteiger partial charge on any atom is 0.262 e. The van der Waals surface area contributed by atoms with E-state index in [0.29, 0.717) is 0 Å². The van der Waals surface area contributed by atoms with Crippen LogP contribution in [0.25, 0.3) is 0 Å². The van der Waals surface area contributed by atoms with E-state index in [1.54, 1.807) is 0 Å². The Balaban J connectivity index is 1.77. The third-order valence-electron chi connectivity index (χ3n) is 4.22. The van der Waals surface area contributed by atoms with Crippen LogP contribution in [-0.2, 0) is 9.59 Å². The van der Waals surface area contributed by atoms with Crippen LogP contribution in [-0.4, -0.2) is 47.1 Å². The molecule has 1 atom stereocenters. The highest BCUT2D eigenvalue weighted by Crippen LogP contribution is 2.30. The van der Waals surface area contributed by atoms with Crippen LogP contribution in [0.5, 0.6) is 5.75 Å². The van der Waals surface area contributed by atoms with E-state index < -0.39 is 42.0 Å². The molecule has 1 unspecified atom stereocenters. The molecule has 1 fully saturated rings. The highest BCUT2D eigenvalue weighted by Gasteiger charge is 2.44. The second kappa shape index (κ2) is 6.47. The predicted molar refractivity (Wildman–Crippen MR) is 83.8 cm³/mol. The Morgan fingerprint density at radius 1 is 1.19 bits per heavy atom. The number of nitrogens with one attached hydrogen (secondary N) is 1. The van der Waals surface area contributed by atoms with Crippen molar-refractivity contribution in [3.8, 4) is 5.75 Å². The number of ether oxygens (including phenoxy) is 1. The number of alkyl halides is 2. The number of carbonyl (C=O) groups excluding carboxylic acids is 4. The van der Waals surface area contributed by atoms with Crippen LogP contribution in [0.3, 0.4) is 0 Å². The Morgan fingerprint density at radius 3 is 2.54 bits per heavy atom. The van der Waals surface area contributed by atoms with E-state index in [1.807, 2.05) is 0 Å². The molecule has 1 N–H and O–H groups in total. The fourth-order valence-corrected chi connectivity index (χ4v) is 2.89. The molecule has 3 rings (SSSR count). The number of nitrogens with zero attached hydrogens (tertiary/aromatic N) is 1. The van der Waals surface area contributed by atoms with Gasteiger partial charge in [0.05, 0.1) is 17.7 Å². The van der Waals surface area contributed by atoms with Crippen molar-refractivity contribution in [2.45, 2.75) is 38.2 Å². The SMILES string of the molecule is CC(F)(F)CCOc1ccc2c(c1)C(=O)N(C1CCC(=O)NC1=O)C2=O. The number of rotatable bonds is 5. The van der Waals surface area contributed by atoms with Gasteiger partial charge in [-0.25, -0.2) is 8.78 Å². The van der Waals surface area contributed by atoms with E-state index in [1.165, 1.54) is 18.2 Å². The van der Waals surface area contributed by atoms with Gasteiger partial charge in [-0.3, -0.25) is 29.4 Å². The standard InChI is InChI=1S/C17H16F2N2O5/c1-17(18,19)6-7-26-9-2-3-10-11(8-9)16(25)21(15(10)24)12-4-5-13(22)20-14(12)23/h2-3,8,12H,4-7H2,1H3,(H,20,22,23). The summed E-state index contributed by atoms with van der Waals surface area (Å²) in [6.45, 7) is 0.528. The maximum absolute atomic E-state index is 12.8. The molecular formula is C17H16F2N2O5. The Hall–Kier alpha value is -2.84. The summed E-state index contributed by atoms with van der Waals surface area (Å²) in [7, 11) is 0. The van der Waals surface area contributed by atoms with Gasteiger partial charge >= 0.3 is 0 Å². The van der Waals surface area contributed by atoms with E-state index in [-0.39, 0.29) is 36.3 Å². The number of halogens is 2. The Bertz CT molecular complexity index is 803. The average molecular weight is 366 g/mol. The zero-order chi connectivity index (χ0) is 19.1. The molecule has 1 saturated heterocycles. The number of imide groups is 2. The second-order valence-corrected chi connectivity index (χ2v) is 6.32. The lowest BCUT2D eigenvalue weighted by Crippen LogP contribution is -2.54. The van der Waals surface area contributed by atoms with Gasteiger partial charge in [-0.1, -0.05) is 0 Å². The van der Waals surface area contributed by atoms with Crippen molar-refractivity contribution in [1.29, 1.82) is 0 Å². The average Bonchev–Trinajstić information content (AvgIpc) is 2.78. The smallest absolute Gasteiger partial charge is 0.262 e. The predicted octanol–water partition coefficient (Wildman–Crippen LogP) is 1.51. The minimum Gasteiger partial charge on any atom is -0.493 e. The van der Waals surface area contributed by atoms with Crippen molar-refractivity contribution >= 4 is 23.6 Å². The summed E-state index contributed by atoms with van der Waals surface area (Å²) in [5, 5.41) is 2.11. The van der Waals surface area contributed by atoms with Crippen molar-refractivity contribution in [3.05, 3.63) is 29.3 Å². The molecule has 2 heterocycles. The maximum atomic E-state index is 12.8. The summed E-state index contributed by atoms with van der Waals surface area (Å²) in [5.41, 5.74) is 0.147. The van der Waals surface area contributed by atoms with Gasteiger partial charge in [0, 0.05) is 12.8 Å². The molecule has 1 aromatic carbocycles. The molecular weight excluding hydrogens is 350 g/mol. The Morgan fingerprint density at radius 2 is 1.88 bits per heavy atom. The summed E-state index contributed by atoms with van der Waals surface area (Å²) in [6, 6.07) is 3.02. The first-order valence-corrected chi connectivity index (χ1v) is 8.03.